The zero-order chi connectivity index (χ0) is 15.9. The van der Waals surface area contributed by atoms with E-state index in [-0.39, 0.29) is 17.6 Å². The summed E-state index contributed by atoms with van der Waals surface area (Å²) in [5, 5.41) is 8.97. The molecular formula is C13H14F3N3O3. The van der Waals surface area contributed by atoms with Gasteiger partial charge in [0.05, 0.1) is 6.20 Å². The fourth-order valence-corrected chi connectivity index (χ4v) is 3.09. The van der Waals surface area contributed by atoms with E-state index in [0.29, 0.717) is 32.0 Å². The molecule has 0 saturated carbocycles. The normalized spacial score (nSPS) is 24.5. The largest absolute Gasteiger partial charge is 0.573 e. The first-order chi connectivity index (χ1) is 10.3. The molecule has 2 aliphatic rings. The van der Waals surface area contributed by atoms with Crippen LogP contribution in [0.3, 0.4) is 0 Å². The number of hydrogen-bond donors (Lipinski definition) is 1. The number of anilines is 1. The minimum absolute atomic E-state index is 0.240. The number of ether oxygens (including phenoxy) is 1. The van der Waals surface area contributed by atoms with Gasteiger partial charge in [-0.3, -0.25) is 0 Å². The molecule has 0 unspecified atom stereocenters. The van der Waals surface area contributed by atoms with Crippen LogP contribution in [-0.2, 0) is 0 Å². The average molecular weight is 317 g/mol. The van der Waals surface area contributed by atoms with Crippen molar-refractivity contribution >= 4 is 11.9 Å². The van der Waals surface area contributed by atoms with Crippen LogP contribution in [0.4, 0.5) is 23.8 Å². The second kappa shape index (κ2) is 5.22. The van der Waals surface area contributed by atoms with Gasteiger partial charge in [-0.2, -0.15) is 0 Å². The minimum atomic E-state index is -4.73. The molecule has 1 aromatic rings. The van der Waals surface area contributed by atoms with Crippen LogP contribution in [0.2, 0.25) is 0 Å². The molecule has 2 atom stereocenters. The molecule has 9 heteroatoms. The van der Waals surface area contributed by atoms with Gasteiger partial charge in [-0.15, -0.1) is 13.2 Å². The number of halogens is 3. The summed E-state index contributed by atoms with van der Waals surface area (Å²) >= 11 is 0. The van der Waals surface area contributed by atoms with Gasteiger partial charge < -0.3 is 19.6 Å². The fourth-order valence-electron chi connectivity index (χ4n) is 3.09. The number of alkyl halides is 3. The predicted octanol–water partition coefficient (Wildman–Crippen LogP) is 2.03. The van der Waals surface area contributed by atoms with E-state index in [4.69, 9.17) is 5.11 Å². The van der Waals surface area contributed by atoms with E-state index in [9.17, 15) is 18.0 Å². The first-order valence-corrected chi connectivity index (χ1v) is 6.76. The molecule has 0 spiro atoms. The van der Waals surface area contributed by atoms with Crippen LogP contribution in [0.5, 0.6) is 5.75 Å². The summed E-state index contributed by atoms with van der Waals surface area (Å²) in [7, 11) is 0. The molecule has 22 heavy (non-hydrogen) atoms. The quantitative estimate of drug-likeness (QED) is 0.904. The topological polar surface area (TPSA) is 65.9 Å². The summed E-state index contributed by atoms with van der Waals surface area (Å²) in [6.07, 6.45) is -4.60. The third kappa shape index (κ3) is 3.02. The van der Waals surface area contributed by atoms with Crippen LogP contribution in [0.15, 0.2) is 18.3 Å². The van der Waals surface area contributed by atoms with E-state index in [1.165, 1.54) is 17.0 Å². The maximum atomic E-state index is 12.1. The zero-order valence-electron chi connectivity index (χ0n) is 11.5. The number of amides is 1. The van der Waals surface area contributed by atoms with Crippen molar-refractivity contribution in [3.63, 3.8) is 0 Å². The summed E-state index contributed by atoms with van der Waals surface area (Å²) in [6, 6.07) is 2.71. The molecule has 1 aromatic heterocycles. The first-order valence-electron chi connectivity index (χ1n) is 6.76. The number of carbonyl (C=O) groups is 1. The summed E-state index contributed by atoms with van der Waals surface area (Å²) in [6.45, 7) is 2.29. The van der Waals surface area contributed by atoms with Crippen LogP contribution in [0, 0.1) is 11.8 Å². The van der Waals surface area contributed by atoms with E-state index in [2.05, 4.69) is 9.72 Å². The molecule has 3 rings (SSSR count). The molecule has 2 aliphatic heterocycles. The Morgan fingerprint density at radius 2 is 1.86 bits per heavy atom. The lowest BCUT2D eigenvalue weighted by Gasteiger charge is -2.21. The number of likely N-dealkylation sites (tertiary alicyclic amines) is 1. The highest BCUT2D eigenvalue weighted by molar-refractivity contribution is 5.65. The van der Waals surface area contributed by atoms with Crippen LogP contribution in [0.25, 0.3) is 0 Å². The van der Waals surface area contributed by atoms with Crippen molar-refractivity contribution in [2.24, 2.45) is 11.8 Å². The summed E-state index contributed by atoms with van der Waals surface area (Å²) in [4.78, 5) is 18.3. The van der Waals surface area contributed by atoms with Gasteiger partial charge in [0.15, 0.2) is 0 Å². The molecule has 0 aliphatic carbocycles. The van der Waals surface area contributed by atoms with Crippen LogP contribution in [0.1, 0.15) is 0 Å². The number of fused-ring (bicyclic) bond motifs is 1. The SMILES string of the molecule is O=C(O)N1C[C@@H]2CN(c3ccc(OC(F)(F)F)cn3)C[C@H]2C1. The number of rotatable bonds is 2. The highest BCUT2D eigenvalue weighted by Crippen LogP contribution is 2.33. The van der Waals surface area contributed by atoms with E-state index in [1.807, 2.05) is 4.90 Å². The van der Waals surface area contributed by atoms with E-state index < -0.39 is 12.5 Å². The van der Waals surface area contributed by atoms with E-state index in [1.54, 1.807) is 0 Å². The Hall–Kier alpha value is -2.19. The lowest BCUT2D eigenvalue weighted by Crippen LogP contribution is -2.32. The Balaban J connectivity index is 1.62. The van der Waals surface area contributed by atoms with Gasteiger partial charge in [0.2, 0.25) is 0 Å². The Kier molecular flexibility index (Phi) is 3.50. The van der Waals surface area contributed by atoms with Crippen molar-refractivity contribution in [2.45, 2.75) is 6.36 Å². The van der Waals surface area contributed by atoms with Crippen molar-refractivity contribution < 1.29 is 27.8 Å². The van der Waals surface area contributed by atoms with Gasteiger partial charge in [-0.25, -0.2) is 9.78 Å². The van der Waals surface area contributed by atoms with Gasteiger partial charge >= 0.3 is 12.5 Å². The lowest BCUT2D eigenvalue weighted by molar-refractivity contribution is -0.274. The van der Waals surface area contributed by atoms with Crippen LogP contribution in [-0.4, -0.2) is 53.6 Å². The molecule has 1 N–H and O–H groups in total. The third-order valence-corrected chi connectivity index (χ3v) is 4.04. The second-order valence-electron chi connectivity index (χ2n) is 5.51. The predicted molar refractivity (Wildman–Crippen MR) is 69.7 cm³/mol. The maximum absolute atomic E-state index is 12.1. The molecule has 0 aromatic carbocycles. The third-order valence-electron chi connectivity index (χ3n) is 4.04. The van der Waals surface area contributed by atoms with Gasteiger partial charge in [0, 0.05) is 38.0 Å². The van der Waals surface area contributed by atoms with Crippen LogP contribution >= 0.6 is 0 Å². The highest BCUT2D eigenvalue weighted by atomic mass is 19.4. The van der Waals surface area contributed by atoms with E-state index in [0.717, 1.165) is 6.20 Å². The van der Waals surface area contributed by atoms with Crippen LogP contribution < -0.4 is 9.64 Å². The number of hydrogen-bond acceptors (Lipinski definition) is 4. The summed E-state index contributed by atoms with van der Waals surface area (Å²) in [5.41, 5.74) is 0. The number of carboxylic acid groups (broad SMARTS) is 1. The average Bonchev–Trinajstić information content (AvgIpc) is 2.95. The lowest BCUT2D eigenvalue weighted by atomic mass is 10.0. The van der Waals surface area contributed by atoms with Gasteiger partial charge in [-0.1, -0.05) is 0 Å². The fraction of sp³-hybridized carbons (Fsp3) is 0.538. The zero-order valence-corrected chi connectivity index (χ0v) is 11.5. The molecular weight excluding hydrogens is 303 g/mol. The van der Waals surface area contributed by atoms with Crippen molar-refractivity contribution in [3.05, 3.63) is 18.3 Å². The summed E-state index contributed by atoms with van der Waals surface area (Å²) < 4.78 is 40.0. The first kappa shape index (κ1) is 14.7. The van der Waals surface area contributed by atoms with Crippen molar-refractivity contribution in [1.29, 1.82) is 0 Å². The van der Waals surface area contributed by atoms with Gasteiger partial charge in [0.25, 0.3) is 0 Å². The Bertz CT molecular complexity index is 550. The summed E-state index contributed by atoms with van der Waals surface area (Å²) in [5.74, 6) is 0.700. The Labute approximate surface area is 124 Å². The maximum Gasteiger partial charge on any atom is 0.573 e. The molecule has 1 amide bonds. The molecule has 6 nitrogen and oxygen atoms in total. The van der Waals surface area contributed by atoms with Gasteiger partial charge in [-0.05, 0) is 12.1 Å². The standard InChI is InChI=1S/C13H14F3N3O3/c14-13(15,16)22-10-1-2-11(17-3-10)18-4-8-6-19(12(20)21)7-9(8)5-18/h1-3,8-9H,4-7H2,(H,20,21)/t8-,9-/m0/s1. The monoisotopic (exact) mass is 317 g/mol. The molecule has 3 heterocycles. The van der Waals surface area contributed by atoms with Crippen molar-refractivity contribution in [1.82, 2.24) is 9.88 Å². The van der Waals surface area contributed by atoms with Crippen molar-refractivity contribution in [3.8, 4) is 5.75 Å². The van der Waals surface area contributed by atoms with Crippen molar-refractivity contribution in [2.75, 3.05) is 31.1 Å². The number of nitrogens with zero attached hydrogens (tertiary/aromatic N) is 3. The number of aromatic nitrogens is 1. The minimum Gasteiger partial charge on any atom is -0.465 e. The van der Waals surface area contributed by atoms with Gasteiger partial charge in [0.1, 0.15) is 11.6 Å². The number of pyridine rings is 1. The Morgan fingerprint density at radius 3 is 2.32 bits per heavy atom. The molecule has 2 saturated heterocycles. The molecule has 2 fully saturated rings. The molecule has 0 bridgehead atoms. The second-order valence-corrected chi connectivity index (χ2v) is 5.51. The Morgan fingerprint density at radius 1 is 1.23 bits per heavy atom. The highest BCUT2D eigenvalue weighted by Gasteiger charge is 2.42. The van der Waals surface area contributed by atoms with E-state index >= 15 is 0 Å². The smallest absolute Gasteiger partial charge is 0.465 e. The molecule has 0 radical (unpaired) electrons. The molecule has 120 valence electrons.